The summed E-state index contributed by atoms with van der Waals surface area (Å²) in [7, 11) is 0. The van der Waals surface area contributed by atoms with Crippen LogP contribution in [0.15, 0.2) is 0 Å². The molecule has 3 heteroatoms. The zero-order chi connectivity index (χ0) is 9.90. The molecule has 0 aromatic carbocycles. The molecule has 13 heavy (non-hydrogen) atoms. The fourth-order valence-corrected chi connectivity index (χ4v) is 4.94. The number of hydrogen-bond donors (Lipinski definition) is 0. The smallest absolute Gasteiger partial charge is 0.129 e. The van der Waals surface area contributed by atoms with Gasteiger partial charge in [0.2, 0.25) is 0 Å². The second-order valence-corrected chi connectivity index (χ2v) is 6.97. The first kappa shape index (κ1) is 11.4. The van der Waals surface area contributed by atoms with Crippen molar-refractivity contribution < 1.29 is 4.79 Å². The van der Waals surface area contributed by atoms with E-state index in [0.717, 1.165) is 12.8 Å². The van der Waals surface area contributed by atoms with E-state index in [9.17, 15) is 4.79 Å². The first-order valence-corrected chi connectivity index (χ1v) is 6.81. The third kappa shape index (κ3) is 2.91. The Hall–Kier alpha value is 0.370. The average Bonchev–Trinajstić information content (AvgIpc) is 2.50. The van der Waals surface area contributed by atoms with Gasteiger partial charge in [-0.15, -0.1) is 23.5 Å². The normalized spacial score (nSPS) is 20.9. The summed E-state index contributed by atoms with van der Waals surface area (Å²) in [5.74, 6) is 3.50. The predicted octanol–water partition coefficient (Wildman–Crippen LogP) is 3.19. The van der Waals surface area contributed by atoms with Gasteiger partial charge in [-0.05, 0) is 19.3 Å². The molecule has 0 N–H and O–H groups in total. The minimum absolute atomic E-state index is 0.327. The second-order valence-electron chi connectivity index (χ2n) is 3.87. The highest BCUT2D eigenvalue weighted by Crippen LogP contribution is 2.51. The van der Waals surface area contributed by atoms with E-state index >= 15 is 0 Å². The number of carbonyl (C=O) groups is 1. The molecule has 0 unspecified atom stereocenters. The third-order valence-corrected chi connectivity index (χ3v) is 6.59. The van der Waals surface area contributed by atoms with Gasteiger partial charge in [0.15, 0.2) is 0 Å². The maximum atomic E-state index is 10.9. The Morgan fingerprint density at radius 2 is 1.92 bits per heavy atom. The molecule has 0 spiro atoms. The minimum atomic E-state index is 0.327. The molecular weight excluding hydrogens is 200 g/mol. The van der Waals surface area contributed by atoms with E-state index < -0.39 is 0 Å². The molecule has 1 fully saturated rings. The van der Waals surface area contributed by atoms with Crippen molar-refractivity contribution in [2.45, 2.75) is 37.7 Å². The summed E-state index contributed by atoms with van der Waals surface area (Å²) in [6, 6.07) is 0. The topological polar surface area (TPSA) is 17.1 Å². The van der Waals surface area contributed by atoms with Gasteiger partial charge in [-0.2, -0.15) is 0 Å². The molecule has 1 aliphatic rings. The molecular formula is C10H18OS2. The van der Waals surface area contributed by atoms with Crippen LogP contribution >= 0.6 is 23.5 Å². The van der Waals surface area contributed by atoms with Gasteiger partial charge in [-0.25, -0.2) is 0 Å². The lowest BCUT2D eigenvalue weighted by molar-refractivity contribution is -0.117. The van der Waals surface area contributed by atoms with Crippen molar-refractivity contribution >= 4 is 29.3 Å². The molecule has 1 nitrogen and oxygen atoms in total. The summed E-state index contributed by atoms with van der Waals surface area (Å²) in [5, 5.41) is 0. The van der Waals surface area contributed by atoms with Gasteiger partial charge >= 0.3 is 0 Å². The van der Waals surface area contributed by atoms with Crippen molar-refractivity contribution in [3.05, 3.63) is 0 Å². The highest BCUT2D eigenvalue weighted by atomic mass is 32.2. The molecule has 0 radical (unpaired) electrons. The molecule has 0 bridgehead atoms. The van der Waals surface area contributed by atoms with Gasteiger partial charge in [-0.3, -0.25) is 0 Å². The Labute approximate surface area is 89.4 Å². The van der Waals surface area contributed by atoms with E-state index in [2.05, 4.69) is 37.4 Å². The highest BCUT2D eigenvalue weighted by Gasteiger charge is 2.38. The number of carbonyl (C=O) groups excluding carboxylic acids is 1. The third-order valence-electron chi connectivity index (χ3n) is 2.48. The van der Waals surface area contributed by atoms with E-state index in [1.165, 1.54) is 11.5 Å². The van der Waals surface area contributed by atoms with Crippen LogP contribution in [-0.2, 0) is 4.79 Å². The fraction of sp³-hybridized carbons (Fsp3) is 0.900. The van der Waals surface area contributed by atoms with Crippen molar-refractivity contribution in [1.29, 1.82) is 0 Å². The number of rotatable bonds is 4. The van der Waals surface area contributed by atoms with E-state index in [4.69, 9.17) is 0 Å². The first-order valence-electron chi connectivity index (χ1n) is 4.84. The SMILES string of the molecule is CC(=O)CCC1(C(C)C)SCCS1. The van der Waals surface area contributed by atoms with Crippen LogP contribution in [0.1, 0.15) is 33.6 Å². The molecule has 0 saturated carbocycles. The monoisotopic (exact) mass is 218 g/mol. The van der Waals surface area contributed by atoms with Crippen LogP contribution in [0.4, 0.5) is 0 Å². The zero-order valence-corrected chi connectivity index (χ0v) is 10.3. The van der Waals surface area contributed by atoms with E-state index in [0.29, 0.717) is 15.8 Å². The zero-order valence-electron chi connectivity index (χ0n) is 8.63. The van der Waals surface area contributed by atoms with E-state index in [1.54, 1.807) is 6.92 Å². The van der Waals surface area contributed by atoms with Crippen LogP contribution in [-0.4, -0.2) is 21.4 Å². The van der Waals surface area contributed by atoms with Crippen molar-refractivity contribution in [2.24, 2.45) is 5.92 Å². The van der Waals surface area contributed by atoms with E-state index in [1.807, 2.05) is 0 Å². The molecule has 76 valence electrons. The summed E-state index contributed by atoms with van der Waals surface area (Å²) in [6.45, 7) is 6.23. The quantitative estimate of drug-likeness (QED) is 0.721. The predicted molar refractivity (Wildman–Crippen MR) is 62.4 cm³/mol. The Bertz CT molecular complexity index is 183. The summed E-state index contributed by atoms with van der Waals surface area (Å²) < 4.78 is 0.339. The van der Waals surface area contributed by atoms with Crippen LogP contribution < -0.4 is 0 Å². The van der Waals surface area contributed by atoms with Crippen LogP contribution in [0.5, 0.6) is 0 Å². The van der Waals surface area contributed by atoms with Crippen molar-refractivity contribution in [3.8, 4) is 0 Å². The standard InChI is InChI=1S/C10H18OS2/c1-8(2)10(5-4-9(3)11)12-6-7-13-10/h8H,4-7H2,1-3H3. The summed E-state index contributed by atoms with van der Waals surface area (Å²) in [4.78, 5) is 10.9. The second kappa shape index (κ2) is 4.74. The van der Waals surface area contributed by atoms with Crippen LogP contribution in [0.25, 0.3) is 0 Å². The van der Waals surface area contributed by atoms with Gasteiger partial charge < -0.3 is 4.79 Å². The Kier molecular flexibility index (Phi) is 4.17. The summed E-state index contributed by atoms with van der Waals surface area (Å²) >= 11 is 4.10. The molecule has 0 aliphatic carbocycles. The Morgan fingerprint density at radius 3 is 2.31 bits per heavy atom. The minimum Gasteiger partial charge on any atom is -0.300 e. The van der Waals surface area contributed by atoms with Crippen molar-refractivity contribution in [3.63, 3.8) is 0 Å². The molecule has 1 rings (SSSR count). The van der Waals surface area contributed by atoms with Crippen LogP contribution in [0, 0.1) is 5.92 Å². The first-order chi connectivity index (χ1) is 6.07. The molecule has 1 saturated heterocycles. The van der Waals surface area contributed by atoms with Crippen LogP contribution in [0.2, 0.25) is 0 Å². The Balaban J connectivity index is 2.52. The number of hydrogen-bond acceptors (Lipinski definition) is 3. The number of ketones is 1. The molecule has 1 heterocycles. The van der Waals surface area contributed by atoms with Gasteiger partial charge in [0, 0.05) is 17.9 Å². The molecule has 1 aliphatic heterocycles. The summed E-state index contributed by atoms with van der Waals surface area (Å²) in [6.07, 6.45) is 1.80. The fourth-order valence-electron chi connectivity index (χ4n) is 1.59. The maximum Gasteiger partial charge on any atom is 0.129 e. The number of thioether (sulfide) groups is 2. The lowest BCUT2D eigenvalue weighted by Gasteiger charge is -2.31. The molecule has 0 aromatic rings. The molecule has 0 aromatic heterocycles. The van der Waals surface area contributed by atoms with Gasteiger partial charge in [0.25, 0.3) is 0 Å². The van der Waals surface area contributed by atoms with Gasteiger partial charge in [0.05, 0.1) is 4.08 Å². The van der Waals surface area contributed by atoms with E-state index in [-0.39, 0.29) is 0 Å². The van der Waals surface area contributed by atoms with Gasteiger partial charge in [-0.1, -0.05) is 13.8 Å². The highest BCUT2D eigenvalue weighted by molar-refractivity contribution is 8.21. The maximum absolute atomic E-state index is 10.9. The lowest BCUT2D eigenvalue weighted by Crippen LogP contribution is -2.25. The average molecular weight is 218 g/mol. The largest absolute Gasteiger partial charge is 0.300 e. The molecule has 0 amide bonds. The van der Waals surface area contributed by atoms with Crippen molar-refractivity contribution in [2.75, 3.05) is 11.5 Å². The molecule has 0 atom stereocenters. The van der Waals surface area contributed by atoms with Gasteiger partial charge in [0.1, 0.15) is 5.78 Å². The summed E-state index contributed by atoms with van der Waals surface area (Å²) in [5.41, 5.74) is 0. The van der Waals surface area contributed by atoms with Crippen LogP contribution in [0.3, 0.4) is 0 Å². The Morgan fingerprint density at radius 1 is 1.38 bits per heavy atom. The lowest BCUT2D eigenvalue weighted by atomic mass is 10.0. The van der Waals surface area contributed by atoms with Crippen molar-refractivity contribution in [1.82, 2.24) is 0 Å². The number of Topliss-reactive ketones (excluding diaryl/α,β-unsaturated/α-hetero) is 1.